The van der Waals surface area contributed by atoms with E-state index in [0.717, 1.165) is 52.4 Å². The van der Waals surface area contributed by atoms with Crippen LogP contribution in [0.1, 0.15) is 60.9 Å². The van der Waals surface area contributed by atoms with Gasteiger partial charge in [-0.15, -0.1) is 0 Å². The van der Waals surface area contributed by atoms with Gasteiger partial charge in [0.05, 0.1) is 26.3 Å². The summed E-state index contributed by atoms with van der Waals surface area (Å²) in [5.74, 6) is 3.23. The van der Waals surface area contributed by atoms with Crippen molar-refractivity contribution >= 4 is 45.9 Å². The highest BCUT2D eigenvalue weighted by atomic mass is 35.5. The lowest BCUT2D eigenvalue weighted by Gasteiger charge is -2.37. The zero-order valence-corrected chi connectivity index (χ0v) is 35.4. The summed E-state index contributed by atoms with van der Waals surface area (Å²) >= 11 is 8.23. The van der Waals surface area contributed by atoms with Crippen LogP contribution in [0.3, 0.4) is 0 Å². The molecule has 0 radical (unpaired) electrons. The highest BCUT2D eigenvalue weighted by Crippen LogP contribution is 2.51. The second-order valence-corrected chi connectivity index (χ2v) is 15.9. The Morgan fingerprint density at radius 2 is 1.61 bits per heavy atom. The molecule has 14 heteroatoms. The standard InChI is InChI=1S/C45H46ClFN6O5S/c1-26-24-57-44-38-41(39(47)40(49-44)35-20-33(58-25-54-3)21-36(46)37(35)30-13-14-30)50-45(59-6)51-43(38)53(26)27(2)34-8-7-19-48-42(34)52(22-28-9-15-31(55-4)16-10-28)23-29-11-17-32(56-5)18-12-29/h7-12,15-21,26-27,30H,13-14,22-25H2,1-6H3/t26-,27?/m0/s1. The summed E-state index contributed by atoms with van der Waals surface area (Å²) in [5, 5.41) is 1.32. The lowest BCUT2D eigenvalue weighted by Crippen LogP contribution is -2.39. The molecule has 0 saturated heterocycles. The molecule has 1 saturated carbocycles. The highest BCUT2D eigenvalue weighted by Gasteiger charge is 2.36. The minimum atomic E-state index is -0.581. The van der Waals surface area contributed by atoms with Crippen LogP contribution in [0.15, 0.2) is 84.1 Å². The van der Waals surface area contributed by atoms with E-state index < -0.39 is 5.82 Å². The molecule has 1 unspecified atom stereocenters. The van der Waals surface area contributed by atoms with Gasteiger partial charge in [-0.3, -0.25) is 0 Å². The molecule has 0 N–H and O–H groups in total. The molecule has 8 rings (SSSR count). The average molecular weight is 837 g/mol. The van der Waals surface area contributed by atoms with Gasteiger partial charge >= 0.3 is 0 Å². The van der Waals surface area contributed by atoms with Crippen LogP contribution in [0.5, 0.6) is 23.1 Å². The third-order valence-corrected chi connectivity index (χ3v) is 11.7. The number of aromatic nitrogens is 4. The number of thioether (sulfide) groups is 1. The summed E-state index contributed by atoms with van der Waals surface area (Å²) in [6.07, 6.45) is 5.60. The lowest BCUT2D eigenvalue weighted by molar-refractivity contribution is 0.0511. The number of benzene rings is 3. The number of hydrogen-bond acceptors (Lipinski definition) is 12. The molecule has 306 valence electrons. The molecule has 1 aliphatic heterocycles. The van der Waals surface area contributed by atoms with Crippen LogP contribution in [0.2, 0.25) is 5.02 Å². The Morgan fingerprint density at radius 3 is 2.22 bits per heavy atom. The van der Waals surface area contributed by atoms with Gasteiger partial charge in [0.1, 0.15) is 52.1 Å². The Hall–Kier alpha value is -5.37. The molecule has 11 nitrogen and oxygen atoms in total. The zero-order chi connectivity index (χ0) is 41.2. The van der Waals surface area contributed by atoms with Gasteiger partial charge in [0.2, 0.25) is 5.88 Å². The van der Waals surface area contributed by atoms with Crippen molar-refractivity contribution in [3.8, 4) is 34.4 Å². The number of anilines is 2. The minimum Gasteiger partial charge on any atom is -0.497 e. The van der Waals surface area contributed by atoms with Crippen LogP contribution in [0, 0.1) is 5.82 Å². The van der Waals surface area contributed by atoms with Gasteiger partial charge in [-0.2, -0.15) is 0 Å². The Labute approximate surface area is 352 Å². The van der Waals surface area contributed by atoms with E-state index in [4.69, 9.17) is 55.2 Å². The monoisotopic (exact) mass is 836 g/mol. The first kappa shape index (κ1) is 40.4. The second-order valence-electron chi connectivity index (χ2n) is 14.7. The number of rotatable bonds is 15. The van der Waals surface area contributed by atoms with Gasteiger partial charge in [-0.25, -0.2) is 24.3 Å². The molecular formula is C45H46ClFN6O5S. The van der Waals surface area contributed by atoms with Gasteiger partial charge in [0, 0.05) is 42.5 Å². The van der Waals surface area contributed by atoms with Crippen molar-refractivity contribution in [2.75, 3.05) is 50.8 Å². The SMILES string of the molecule is COCOc1cc(Cl)c(C2CC2)c(-c2nc3c4c(nc(SC)nc4c2F)N(C(C)c2cccnc2N(Cc2ccc(OC)cc2)Cc2ccc(OC)cc2)[C@@H](C)CO3)c1. The van der Waals surface area contributed by atoms with E-state index in [9.17, 15) is 0 Å². The summed E-state index contributed by atoms with van der Waals surface area (Å²) in [4.78, 5) is 24.3. The fourth-order valence-electron chi connectivity index (χ4n) is 7.76. The first-order chi connectivity index (χ1) is 28.7. The van der Waals surface area contributed by atoms with Gasteiger partial charge in [-0.05, 0) is 98.0 Å². The Kier molecular flexibility index (Phi) is 12.0. The molecular weight excluding hydrogens is 791 g/mol. The first-order valence-corrected chi connectivity index (χ1v) is 21.1. The number of halogens is 2. The van der Waals surface area contributed by atoms with Crippen LogP contribution in [-0.2, 0) is 17.8 Å². The summed E-state index contributed by atoms with van der Waals surface area (Å²) in [6.45, 7) is 5.63. The maximum atomic E-state index is 17.4. The maximum Gasteiger partial charge on any atom is 0.227 e. The largest absolute Gasteiger partial charge is 0.497 e. The fourth-order valence-corrected chi connectivity index (χ4v) is 8.49. The second kappa shape index (κ2) is 17.5. The third-order valence-electron chi connectivity index (χ3n) is 10.8. The molecule has 3 aromatic carbocycles. The van der Waals surface area contributed by atoms with Crippen LogP contribution < -0.4 is 28.7 Å². The van der Waals surface area contributed by atoms with Crippen molar-refractivity contribution in [2.24, 2.45) is 0 Å². The van der Waals surface area contributed by atoms with E-state index >= 15 is 4.39 Å². The molecule has 4 heterocycles. The van der Waals surface area contributed by atoms with Crippen LogP contribution in [0.4, 0.5) is 16.0 Å². The van der Waals surface area contributed by atoms with E-state index in [1.807, 2.05) is 42.8 Å². The topological polar surface area (TPSA) is 104 Å². The summed E-state index contributed by atoms with van der Waals surface area (Å²) in [6, 6.07) is 23.2. The fraction of sp³-hybridized carbons (Fsp3) is 0.333. The molecule has 2 aliphatic rings. The first-order valence-electron chi connectivity index (χ1n) is 19.5. The Bertz CT molecular complexity index is 2410. The van der Waals surface area contributed by atoms with Gasteiger partial charge in [0.25, 0.3) is 0 Å². The Morgan fingerprint density at radius 1 is 0.932 bits per heavy atom. The van der Waals surface area contributed by atoms with Gasteiger partial charge < -0.3 is 33.5 Å². The lowest BCUT2D eigenvalue weighted by atomic mass is 9.98. The molecule has 1 fully saturated rings. The van der Waals surface area contributed by atoms with Crippen molar-refractivity contribution in [3.63, 3.8) is 0 Å². The van der Waals surface area contributed by atoms with Crippen molar-refractivity contribution in [3.05, 3.63) is 112 Å². The van der Waals surface area contributed by atoms with Crippen molar-refractivity contribution < 1.29 is 28.1 Å². The maximum absolute atomic E-state index is 17.4. The van der Waals surface area contributed by atoms with Crippen LogP contribution in [-0.4, -0.2) is 67.0 Å². The number of methoxy groups -OCH3 is 3. The van der Waals surface area contributed by atoms with E-state index in [2.05, 4.69) is 54.0 Å². The third kappa shape index (κ3) is 8.28. The number of pyridine rings is 2. The number of hydrogen-bond donors (Lipinski definition) is 0. The predicted molar refractivity (Wildman–Crippen MR) is 230 cm³/mol. The van der Waals surface area contributed by atoms with E-state index in [1.54, 1.807) is 33.5 Å². The quantitative estimate of drug-likeness (QED) is 0.0559. The van der Waals surface area contributed by atoms with Crippen molar-refractivity contribution in [1.29, 1.82) is 0 Å². The predicted octanol–water partition coefficient (Wildman–Crippen LogP) is 10.0. The molecule has 2 atom stereocenters. The minimum absolute atomic E-state index is 0.0134. The number of ether oxygens (including phenoxy) is 5. The van der Waals surface area contributed by atoms with Gasteiger partial charge in [0.15, 0.2) is 17.8 Å². The summed E-state index contributed by atoms with van der Waals surface area (Å²) < 4.78 is 45.7. The van der Waals surface area contributed by atoms with E-state index in [1.165, 1.54) is 11.8 Å². The normalized spacial score (nSPS) is 15.4. The van der Waals surface area contributed by atoms with Crippen LogP contribution >= 0.6 is 23.4 Å². The van der Waals surface area contributed by atoms with Crippen molar-refractivity contribution in [1.82, 2.24) is 19.9 Å². The average Bonchev–Trinajstić information content (AvgIpc) is 4.12. The van der Waals surface area contributed by atoms with Crippen LogP contribution in [0.25, 0.3) is 22.2 Å². The summed E-state index contributed by atoms with van der Waals surface area (Å²) in [7, 11) is 4.87. The van der Waals surface area contributed by atoms with E-state index in [-0.39, 0.29) is 48.5 Å². The van der Waals surface area contributed by atoms with Crippen molar-refractivity contribution in [2.45, 2.75) is 62.9 Å². The molecule has 59 heavy (non-hydrogen) atoms. The molecule has 3 aromatic heterocycles. The zero-order valence-electron chi connectivity index (χ0n) is 33.9. The number of nitrogens with zero attached hydrogens (tertiary/aromatic N) is 6. The molecule has 0 bridgehead atoms. The molecule has 0 amide bonds. The van der Waals surface area contributed by atoms with E-state index in [0.29, 0.717) is 45.8 Å². The Balaban J connectivity index is 1.25. The highest BCUT2D eigenvalue weighted by molar-refractivity contribution is 7.98. The van der Waals surface area contributed by atoms with Gasteiger partial charge in [-0.1, -0.05) is 53.7 Å². The smallest absolute Gasteiger partial charge is 0.227 e. The molecule has 6 aromatic rings. The molecule has 0 spiro atoms. The summed E-state index contributed by atoms with van der Waals surface area (Å²) in [5.41, 5.74) is 4.76. The molecule has 1 aliphatic carbocycles.